The number of nitrogens with one attached hydrogen (secondary N) is 1. The Morgan fingerprint density at radius 2 is 2.07 bits per heavy atom. The summed E-state index contributed by atoms with van der Waals surface area (Å²) >= 11 is 0. The summed E-state index contributed by atoms with van der Waals surface area (Å²) in [5.74, 6) is 1.69. The standard InChI is InChI=1S/C23H32N4O2/c1-17-7-10-25-27(17)16-21(28)24-14-18-8-11-26(12-9-18)15-20-6-4-5-19-13-23(2,3)29-22(19)20/h4-7,10,18H,8-9,11-16H2,1-3H3,(H,24,28). The number of carbonyl (C=O) groups is 1. The zero-order valence-corrected chi connectivity index (χ0v) is 17.8. The third kappa shape index (κ3) is 4.81. The number of ether oxygens (including phenoxy) is 1. The molecule has 2 aromatic rings. The Bertz CT molecular complexity index is 866. The molecule has 2 aliphatic rings. The number of carbonyl (C=O) groups excluding carboxylic acids is 1. The van der Waals surface area contributed by atoms with Crippen LogP contribution in [-0.4, -0.2) is 45.8 Å². The van der Waals surface area contributed by atoms with Crippen LogP contribution in [0.15, 0.2) is 30.5 Å². The molecule has 1 fully saturated rings. The van der Waals surface area contributed by atoms with Gasteiger partial charge >= 0.3 is 0 Å². The van der Waals surface area contributed by atoms with E-state index in [4.69, 9.17) is 4.74 Å². The van der Waals surface area contributed by atoms with E-state index in [1.54, 1.807) is 10.9 Å². The van der Waals surface area contributed by atoms with Gasteiger partial charge in [0.15, 0.2) is 0 Å². The molecule has 1 aromatic carbocycles. The zero-order chi connectivity index (χ0) is 20.4. The van der Waals surface area contributed by atoms with Gasteiger partial charge in [0, 0.05) is 37.0 Å². The first-order chi connectivity index (χ1) is 13.9. The Morgan fingerprint density at radius 1 is 1.28 bits per heavy atom. The van der Waals surface area contributed by atoms with Gasteiger partial charge in [-0.1, -0.05) is 18.2 Å². The second kappa shape index (κ2) is 8.19. The lowest BCUT2D eigenvalue weighted by molar-refractivity contribution is -0.122. The minimum absolute atomic E-state index is 0.0406. The summed E-state index contributed by atoms with van der Waals surface area (Å²) in [5, 5.41) is 7.26. The molecule has 6 heteroatoms. The fraction of sp³-hybridized carbons (Fsp3) is 0.565. The smallest absolute Gasteiger partial charge is 0.241 e. The molecule has 0 bridgehead atoms. The average molecular weight is 397 g/mol. The molecule has 1 aromatic heterocycles. The van der Waals surface area contributed by atoms with Crippen molar-refractivity contribution in [2.24, 2.45) is 5.92 Å². The quantitative estimate of drug-likeness (QED) is 0.816. The average Bonchev–Trinajstić information content (AvgIpc) is 3.23. The number of aromatic nitrogens is 2. The van der Waals surface area contributed by atoms with Crippen LogP contribution in [0.1, 0.15) is 43.5 Å². The normalized spacial score (nSPS) is 19.0. The Balaban J connectivity index is 1.23. The molecule has 0 aliphatic carbocycles. The predicted octanol–water partition coefficient (Wildman–Crippen LogP) is 2.93. The van der Waals surface area contributed by atoms with Gasteiger partial charge in [-0.05, 0) is 64.3 Å². The van der Waals surface area contributed by atoms with Crippen molar-refractivity contribution in [2.75, 3.05) is 19.6 Å². The number of para-hydroxylation sites is 1. The first-order valence-corrected chi connectivity index (χ1v) is 10.7. The van der Waals surface area contributed by atoms with Crippen LogP contribution in [-0.2, 0) is 24.3 Å². The van der Waals surface area contributed by atoms with Crippen LogP contribution in [0.5, 0.6) is 5.75 Å². The maximum absolute atomic E-state index is 12.2. The monoisotopic (exact) mass is 396 g/mol. The van der Waals surface area contributed by atoms with Crippen LogP contribution in [0, 0.1) is 12.8 Å². The molecule has 3 heterocycles. The highest BCUT2D eigenvalue weighted by molar-refractivity contribution is 5.75. The van der Waals surface area contributed by atoms with E-state index >= 15 is 0 Å². The van der Waals surface area contributed by atoms with Crippen LogP contribution in [0.3, 0.4) is 0 Å². The third-order valence-electron chi connectivity index (χ3n) is 6.08. The molecular weight excluding hydrogens is 364 g/mol. The number of hydrogen-bond donors (Lipinski definition) is 1. The van der Waals surface area contributed by atoms with E-state index in [1.165, 1.54) is 11.1 Å². The SMILES string of the molecule is Cc1ccnn1CC(=O)NCC1CCN(Cc2cccc3c2OC(C)(C)C3)CC1. The first kappa shape index (κ1) is 20.0. The maximum atomic E-state index is 12.2. The fourth-order valence-electron chi connectivity index (χ4n) is 4.41. The summed E-state index contributed by atoms with van der Waals surface area (Å²) in [6.45, 7) is 10.4. The second-order valence-corrected chi connectivity index (χ2v) is 9.10. The minimum Gasteiger partial charge on any atom is -0.487 e. The van der Waals surface area contributed by atoms with Gasteiger partial charge in [0.25, 0.3) is 0 Å². The molecule has 0 radical (unpaired) electrons. The lowest BCUT2D eigenvalue weighted by Gasteiger charge is -2.32. The van der Waals surface area contributed by atoms with Crippen molar-refractivity contribution in [3.63, 3.8) is 0 Å². The van der Waals surface area contributed by atoms with Crippen LogP contribution in [0.25, 0.3) is 0 Å². The van der Waals surface area contributed by atoms with Crippen molar-refractivity contribution < 1.29 is 9.53 Å². The molecule has 0 atom stereocenters. The van der Waals surface area contributed by atoms with E-state index in [2.05, 4.69) is 47.4 Å². The number of likely N-dealkylation sites (tertiary alicyclic amines) is 1. The Kier molecular flexibility index (Phi) is 5.63. The number of amides is 1. The lowest BCUT2D eigenvalue weighted by Crippen LogP contribution is -2.39. The van der Waals surface area contributed by atoms with Crippen LogP contribution in [0.2, 0.25) is 0 Å². The van der Waals surface area contributed by atoms with Crippen LogP contribution < -0.4 is 10.1 Å². The van der Waals surface area contributed by atoms with Crippen molar-refractivity contribution in [1.82, 2.24) is 20.0 Å². The van der Waals surface area contributed by atoms with Gasteiger partial charge < -0.3 is 10.1 Å². The molecule has 1 saturated heterocycles. The number of piperidine rings is 1. The first-order valence-electron chi connectivity index (χ1n) is 10.7. The molecule has 6 nitrogen and oxygen atoms in total. The van der Waals surface area contributed by atoms with Crippen molar-refractivity contribution in [2.45, 2.75) is 58.7 Å². The highest BCUT2D eigenvalue weighted by Crippen LogP contribution is 2.38. The van der Waals surface area contributed by atoms with Crippen molar-refractivity contribution in [1.29, 1.82) is 0 Å². The number of aryl methyl sites for hydroxylation is 1. The summed E-state index contributed by atoms with van der Waals surface area (Å²) in [4.78, 5) is 14.7. The summed E-state index contributed by atoms with van der Waals surface area (Å²) in [6.07, 6.45) is 4.94. The molecular formula is C23H32N4O2. The number of fused-ring (bicyclic) bond motifs is 1. The van der Waals surface area contributed by atoms with Crippen molar-refractivity contribution >= 4 is 5.91 Å². The Morgan fingerprint density at radius 3 is 2.79 bits per heavy atom. The number of rotatable bonds is 6. The van der Waals surface area contributed by atoms with Crippen molar-refractivity contribution in [3.8, 4) is 5.75 Å². The summed E-state index contributed by atoms with van der Waals surface area (Å²) < 4.78 is 7.96. The highest BCUT2D eigenvalue weighted by atomic mass is 16.5. The molecule has 0 unspecified atom stereocenters. The van der Waals surface area contributed by atoms with E-state index in [-0.39, 0.29) is 11.5 Å². The topological polar surface area (TPSA) is 59.4 Å². The second-order valence-electron chi connectivity index (χ2n) is 9.10. The van der Waals surface area contributed by atoms with Gasteiger partial charge in [0.05, 0.1) is 0 Å². The molecule has 4 rings (SSSR count). The molecule has 29 heavy (non-hydrogen) atoms. The van der Waals surface area contributed by atoms with Gasteiger partial charge in [-0.25, -0.2) is 0 Å². The number of hydrogen-bond acceptors (Lipinski definition) is 4. The van der Waals surface area contributed by atoms with Crippen molar-refractivity contribution in [3.05, 3.63) is 47.3 Å². The lowest BCUT2D eigenvalue weighted by atomic mass is 9.96. The molecule has 2 aliphatic heterocycles. The van der Waals surface area contributed by atoms with E-state index < -0.39 is 0 Å². The van der Waals surface area contributed by atoms with Gasteiger partial charge in [0.1, 0.15) is 17.9 Å². The van der Waals surface area contributed by atoms with Crippen LogP contribution in [0.4, 0.5) is 0 Å². The zero-order valence-electron chi connectivity index (χ0n) is 17.8. The maximum Gasteiger partial charge on any atom is 0.241 e. The third-order valence-corrected chi connectivity index (χ3v) is 6.08. The number of nitrogens with zero attached hydrogens (tertiary/aromatic N) is 3. The largest absolute Gasteiger partial charge is 0.487 e. The highest BCUT2D eigenvalue weighted by Gasteiger charge is 2.32. The fourth-order valence-corrected chi connectivity index (χ4v) is 4.41. The van der Waals surface area contributed by atoms with Gasteiger partial charge in [-0.2, -0.15) is 5.10 Å². The molecule has 0 saturated carbocycles. The van der Waals surface area contributed by atoms with Gasteiger partial charge in [-0.3, -0.25) is 14.4 Å². The molecule has 156 valence electrons. The Labute approximate surface area is 173 Å². The predicted molar refractivity (Wildman–Crippen MR) is 113 cm³/mol. The van der Waals surface area contributed by atoms with E-state index in [0.717, 1.165) is 56.9 Å². The summed E-state index contributed by atoms with van der Waals surface area (Å²) in [6, 6.07) is 8.46. The van der Waals surface area contributed by atoms with Gasteiger partial charge in [0.2, 0.25) is 5.91 Å². The Hall–Kier alpha value is -2.34. The summed E-state index contributed by atoms with van der Waals surface area (Å²) in [5.41, 5.74) is 3.54. The van der Waals surface area contributed by atoms with Crippen LogP contribution >= 0.6 is 0 Å². The van der Waals surface area contributed by atoms with E-state index in [9.17, 15) is 4.79 Å². The number of benzene rings is 1. The molecule has 0 spiro atoms. The summed E-state index contributed by atoms with van der Waals surface area (Å²) in [7, 11) is 0. The van der Waals surface area contributed by atoms with Gasteiger partial charge in [-0.15, -0.1) is 0 Å². The van der Waals surface area contributed by atoms with E-state index in [0.29, 0.717) is 12.5 Å². The van der Waals surface area contributed by atoms with E-state index in [1.807, 2.05) is 13.0 Å². The molecule has 1 amide bonds. The minimum atomic E-state index is -0.0989. The molecule has 1 N–H and O–H groups in total.